The minimum atomic E-state index is -0.384. The molecule has 1 aliphatic rings. The van der Waals surface area contributed by atoms with Gasteiger partial charge in [-0.1, -0.05) is 59.1 Å². The molecule has 1 aliphatic heterocycles. The van der Waals surface area contributed by atoms with Crippen LogP contribution in [0, 0.1) is 18.3 Å². The molecule has 1 saturated heterocycles. The van der Waals surface area contributed by atoms with Gasteiger partial charge in [-0.2, -0.15) is 5.26 Å². The molecule has 0 N–H and O–H groups in total. The summed E-state index contributed by atoms with van der Waals surface area (Å²) in [6.07, 6.45) is 0. The van der Waals surface area contributed by atoms with Gasteiger partial charge in [-0.25, -0.2) is 0 Å². The van der Waals surface area contributed by atoms with E-state index >= 15 is 0 Å². The average molecular weight is 375 g/mol. The summed E-state index contributed by atoms with van der Waals surface area (Å²) in [5.41, 5.74) is 3.12. The summed E-state index contributed by atoms with van der Waals surface area (Å²) in [7, 11) is 0. The van der Waals surface area contributed by atoms with Crippen molar-refractivity contribution in [2.45, 2.75) is 18.9 Å². The average Bonchev–Trinajstić information content (AvgIpc) is 2.62. The molecular weight excluding hydrogens is 355 g/mol. The van der Waals surface area contributed by atoms with Crippen molar-refractivity contribution in [3.63, 3.8) is 0 Å². The second-order valence-corrected chi connectivity index (χ2v) is 7.12. The van der Waals surface area contributed by atoms with Gasteiger partial charge in [-0.3, -0.25) is 4.90 Å². The Balaban J connectivity index is 2.04. The Morgan fingerprint density at radius 3 is 2.36 bits per heavy atom. The Bertz CT molecular complexity index is 764. The highest BCUT2D eigenvalue weighted by atomic mass is 35.5. The lowest BCUT2D eigenvalue weighted by Gasteiger charge is -2.37. The van der Waals surface area contributed by atoms with Gasteiger partial charge in [0.25, 0.3) is 0 Å². The van der Waals surface area contributed by atoms with Crippen molar-refractivity contribution in [1.29, 1.82) is 5.26 Å². The Labute approximate surface area is 158 Å². The minimum absolute atomic E-state index is 0.0758. The predicted octanol–water partition coefficient (Wildman–Crippen LogP) is 4.98. The van der Waals surface area contributed by atoms with E-state index in [-0.39, 0.29) is 12.0 Å². The fourth-order valence-electron chi connectivity index (χ4n) is 3.30. The maximum absolute atomic E-state index is 9.99. The summed E-state index contributed by atoms with van der Waals surface area (Å²) < 4.78 is 5.50. The van der Waals surface area contributed by atoms with E-state index in [4.69, 9.17) is 27.9 Å². The number of halogens is 2. The van der Waals surface area contributed by atoms with Crippen molar-refractivity contribution in [3.8, 4) is 6.07 Å². The lowest BCUT2D eigenvalue weighted by atomic mass is 9.86. The van der Waals surface area contributed by atoms with E-state index in [0.717, 1.165) is 24.2 Å². The van der Waals surface area contributed by atoms with E-state index in [1.54, 1.807) is 12.1 Å². The lowest BCUT2D eigenvalue weighted by Crippen LogP contribution is -2.41. The number of hydrogen-bond acceptors (Lipinski definition) is 3. The highest BCUT2D eigenvalue weighted by Gasteiger charge is 2.32. The standard InChI is InChI=1S/C20H20Cl2N2O/c1-14-2-4-15(5-3-14)20(24-8-10-25-11-9-24)18(13-23)17-7-6-16(21)12-19(17)22/h2-7,12,18,20H,8-11H2,1H3. The molecule has 1 fully saturated rings. The number of nitrogens with zero attached hydrogens (tertiary/aromatic N) is 2. The highest BCUT2D eigenvalue weighted by Crippen LogP contribution is 2.39. The van der Waals surface area contributed by atoms with Crippen LogP contribution in [0.2, 0.25) is 10.0 Å². The van der Waals surface area contributed by atoms with E-state index in [2.05, 4.69) is 42.2 Å². The predicted molar refractivity (Wildman–Crippen MR) is 101 cm³/mol. The van der Waals surface area contributed by atoms with Crippen LogP contribution in [0.4, 0.5) is 0 Å². The van der Waals surface area contributed by atoms with Crippen LogP contribution in [-0.2, 0) is 4.74 Å². The number of aryl methyl sites for hydroxylation is 1. The molecule has 3 nitrogen and oxygen atoms in total. The Kier molecular flexibility index (Phi) is 5.98. The zero-order valence-electron chi connectivity index (χ0n) is 14.1. The van der Waals surface area contributed by atoms with Crippen LogP contribution in [0.25, 0.3) is 0 Å². The van der Waals surface area contributed by atoms with Crippen LogP contribution in [0.5, 0.6) is 0 Å². The molecule has 0 saturated carbocycles. The third-order valence-corrected chi connectivity index (χ3v) is 5.17. The molecule has 3 rings (SSSR count). The first-order valence-corrected chi connectivity index (χ1v) is 9.08. The van der Waals surface area contributed by atoms with E-state index in [1.165, 1.54) is 5.56 Å². The molecule has 0 bridgehead atoms. The van der Waals surface area contributed by atoms with Gasteiger partial charge in [0.05, 0.1) is 31.2 Å². The number of benzene rings is 2. The fraction of sp³-hybridized carbons (Fsp3) is 0.350. The number of nitriles is 1. The van der Waals surface area contributed by atoms with Crippen molar-refractivity contribution >= 4 is 23.2 Å². The first-order valence-electron chi connectivity index (χ1n) is 8.33. The largest absolute Gasteiger partial charge is 0.379 e. The second kappa shape index (κ2) is 8.21. The molecule has 1 heterocycles. The van der Waals surface area contributed by atoms with Gasteiger partial charge in [0.2, 0.25) is 0 Å². The Hall–Kier alpha value is -1.57. The van der Waals surface area contributed by atoms with Crippen LogP contribution in [0.3, 0.4) is 0 Å². The SMILES string of the molecule is Cc1ccc(C(C(C#N)c2ccc(Cl)cc2Cl)N2CCOCC2)cc1. The summed E-state index contributed by atoms with van der Waals surface area (Å²) >= 11 is 12.5. The molecule has 0 radical (unpaired) electrons. The molecule has 25 heavy (non-hydrogen) atoms. The molecule has 0 amide bonds. The van der Waals surface area contributed by atoms with Gasteiger partial charge in [0.15, 0.2) is 0 Å². The van der Waals surface area contributed by atoms with Crippen molar-refractivity contribution in [2.75, 3.05) is 26.3 Å². The third kappa shape index (κ3) is 4.16. The molecule has 2 aromatic carbocycles. The Morgan fingerprint density at radius 2 is 1.76 bits per heavy atom. The lowest BCUT2D eigenvalue weighted by molar-refractivity contribution is 0.0134. The van der Waals surface area contributed by atoms with E-state index < -0.39 is 0 Å². The smallest absolute Gasteiger partial charge is 0.0923 e. The van der Waals surface area contributed by atoms with Crippen molar-refractivity contribution in [3.05, 3.63) is 69.2 Å². The molecule has 0 aromatic heterocycles. The van der Waals surface area contributed by atoms with Crippen molar-refractivity contribution in [1.82, 2.24) is 4.90 Å². The quantitative estimate of drug-likeness (QED) is 0.756. The summed E-state index contributed by atoms with van der Waals surface area (Å²) in [5.74, 6) is -0.384. The first-order chi connectivity index (χ1) is 12.1. The van der Waals surface area contributed by atoms with Crippen LogP contribution in [0.15, 0.2) is 42.5 Å². The fourth-order valence-corrected chi connectivity index (χ4v) is 3.82. The van der Waals surface area contributed by atoms with Gasteiger partial charge >= 0.3 is 0 Å². The van der Waals surface area contributed by atoms with Crippen LogP contribution < -0.4 is 0 Å². The molecule has 2 unspecified atom stereocenters. The molecule has 2 atom stereocenters. The van der Waals surface area contributed by atoms with Crippen LogP contribution >= 0.6 is 23.2 Å². The number of ether oxygens (including phenoxy) is 1. The molecule has 0 aliphatic carbocycles. The number of hydrogen-bond donors (Lipinski definition) is 0. The summed E-state index contributed by atoms with van der Waals surface area (Å²) in [4.78, 5) is 2.31. The molecule has 130 valence electrons. The van der Waals surface area contributed by atoms with Crippen molar-refractivity contribution in [2.24, 2.45) is 0 Å². The van der Waals surface area contributed by atoms with Crippen LogP contribution in [0.1, 0.15) is 28.7 Å². The highest BCUT2D eigenvalue weighted by molar-refractivity contribution is 6.35. The maximum Gasteiger partial charge on any atom is 0.0923 e. The summed E-state index contributed by atoms with van der Waals surface area (Å²) in [6, 6.07) is 16.1. The minimum Gasteiger partial charge on any atom is -0.379 e. The third-order valence-electron chi connectivity index (χ3n) is 4.61. The molecule has 2 aromatic rings. The topological polar surface area (TPSA) is 36.3 Å². The van der Waals surface area contributed by atoms with Gasteiger partial charge in [0.1, 0.15) is 0 Å². The maximum atomic E-state index is 9.99. The van der Waals surface area contributed by atoms with Gasteiger partial charge in [-0.15, -0.1) is 0 Å². The normalized spacial score (nSPS) is 17.7. The van der Waals surface area contributed by atoms with Gasteiger partial charge in [-0.05, 0) is 30.2 Å². The van der Waals surface area contributed by atoms with E-state index in [0.29, 0.717) is 23.3 Å². The number of morpholine rings is 1. The number of rotatable bonds is 4. The molecule has 0 spiro atoms. The summed E-state index contributed by atoms with van der Waals surface area (Å²) in [6.45, 7) is 5.00. The summed E-state index contributed by atoms with van der Waals surface area (Å²) in [5, 5.41) is 11.1. The van der Waals surface area contributed by atoms with Crippen molar-refractivity contribution < 1.29 is 4.74 Å². The monoisotopic (exact) mass is 374 g/mol. The molecular formula is C20H20Cl2N2O. The first kappa shape index (κ1) is 18.2. The van der Waals surface area contributed by atoms with Crippen LogP contribution in [-0.4, -0.2) is 31.2 Å². The van der Waals surface area contributed by atoms with E-state index in [9.17, 15) is 5.26 Å². The Morgan fingerprint density at radius 1 is 1.08 bits per heavy atom. The van der Waals surface area contributed by atoms with Gasteiger partial charge < -0.3 is 4.74 Å². The van der Waals surface area contributed by atoms with Gasteiger partial charge in [0, 0.05) is 23.1 Å². The zero-order chi connectivity index (χ0) is 17.8. The van der Waals surface area contributed by atoms with E-state index in [1.807, 2.05) is 6.07 Å². The molecule has 5 heteroatoms. The zero-order valence-corrected chi connectivity index (χ0v) is 15.6. The second-order valence-electron chi connectivity index (χ2n) is 6.28.